The van der Waals surface area contributed by atoms with Crippen LogP contribution in [0, 0.1) is 29.6 Å². The standard InChI is InChI=1S/C29H36O2Si/c1-29(2)30-18-22(19-31-29)15-23-13-14-26-27(16-21-9-5-3-6-10-21)24(17-28(23)26)20-32-25-11-7-4-8-12-25/h3-12,15,22,24,26-28H,13-14,16-20H2,1-2H3/b23-15+/t24-,26-,27-,28+/m1/s1. The average molecular weight is 445 g/mol. The highest BCUT2D eigenvalue weighted by atomic mass is 28.2. The lowest BCUT2D eigenvalue weighted by atomic mass is 9.83. The Bertz CT molecular complexity index is 897. The molecule has 1 saturated heterocycles. The van der Waals surface area contributed by atoms with E-state index >= 15 is 0 Å². The minimum atomic E-state index is -0.426. The van der Waals surface area contributed by atoms with Crippen LogP contribution in [0.25, 0.3) is 0 Å². The van der Waals surface area contributed by atoms with Gasteiger partial charge in [0.25, 0.3) is 0 Å². The molecular weight excluding hydrogens is 408 g/mol. The van der Waals surface area contributed by atoms with Crippen LogP contribution in [0.15, 0.2) is 72.3 Å². The molecule has 0 aromatic heterocycles. The number of benzene rings is 2. The number of rotatable bonds is 6. The number of allylic oxidation sites excluding steroid dienone is 1. The fourth-order valence-electron chi connectivity index (χ4n) is 6.24. The van der Waals surface area contributed by atoms with Crippen molar-refractivity contribution in [3.8, 4) is 0 Å². The quantitative estimate of drug-likeness (QED) is 0.422. The summed E-state index contributed by atoms with van der Waals surface area (Å²) >= 11 is 0. The summed E-state index contributed by atoms with van der Waals surface area (Å²) in [6.45, 7) is 5.62. The number of hydrogen-bond donors (Lipinski definition) is 0. The fourth-order valence-corrected chi connectivity index (χ4v) is 7.63. The predicted octanol–water partition coefficient (Wildman–Crippen LogP) is 5.66. The third-order valence-corrected chi connectivity index (χ3v) is 9.34. The van der Waals surface area contributed by atoms with Gasteiger partial charge >= 0.3 is 0 Å². The minimum absolute atomic E-state index is 0.412. The van der Waals surface area contributed by atoms with Gasteiger partial charge < -0.3 is 9.47 Å². The van der Waals surface area contributed by atoms with Gasteiger partial charge in [0, 0.05) is 5.92 Å². The van der Waals surface area contributed by atoms with Crippen molar-refractivity contribution in [3.63, 3.8) is 0 Å². The van der Waals surface area contributed by atoms with Crippen LogP contribution in [0.4, 0.5) is 0 Å². The fraction of sp³-hybridized carbons (Fsp3) is 0.517. The van der Waals surface area contributed by atoms with E-state index < -0.39 is 5.79 Å². The molecule has 2 aliphatic carbocycles. The second-order valence-electron chi connectivity index (χ2n) is 10.4. The van der Waals surface area contributed by atoms with Crippen LogP contribution in [0.1, 0.15) is 38.7 Å². The van der Waals surface area contributed by atoms with Crippen LogP contribution in [0.3, 0.4) is 0 Å². The van der Waals surface area contributed by atoms with E-state index in [4.69, 9.17) is 9.47 Å². The van der Waals surface area contributed by atoms with Gasteiger partial charge in [-0.1, -0.05) is 83.5 Å². The average Bonchev–Trinajstić information content (AvgIpc) is 3.35. The van der Waals surface area contributed by atoms with E-state index in [1.165, 1.54) is 42.5 Å². The van der Waals surface area contributed by atoms with Crippen molar-refractivity contribution in [3.05, 3.63) is 77.9 Å². The first kappa shape index (κ1) is 22.1. The first-order valence-electron chi connectivity index (χ1n) is 12.4. The van der Waals surface area contributed by atoms with Crippen molar-refractivity contribution in [2.75, 3.05) is 13.2 Å². The smallest absolute Gasteiger partial charge is 0.162 e. The molecular formula is C29H36O2Si. The predicted molar refractivity (Wildman–Crippen MR) is 132 cm³/mol. The van der Waals surface area contributed by atoms with Crippen molar-refractivity contribution >= 4 is 14.7 Å². The molecule has 3 fully saturated rings. The summed E-state index contributed by atoms with van der Waals surface area (Å²) in [5.41, 5.74) is 3.22. The molecule has 0 spiro atoms. The Hall–Kier alpha value is -1.68. The van der Waals surface area contributed by atoms with Gasteiger partial charge in [0.05, 0.1) is 22.7 Å². The van der Waals surface area contributed by atoms with Crippen LogP contribution in [0.5, 0.6) is 0 Å². The topological polar surface area (TPSA) is 18.5 Å². The summed E-state index contributed by atoms with van der Waals surface area (Å²) in [7, 11) is 0.921. The third-order valence-electron chi connectivity index (χ3n) is 7.87. The molecule has 0 bridgehead atoms. The zero-order chi connectivity index (χ0) is 22.0. The molecule has 3 heteroatoms. The largest absolute Gasteiger partial charge is 0.350 e. The van der Waals surface area contributed by atoms with Crippen LogP contribution in [0.2, 0.25) is 6.04 Å². The highest BCUT2D eigenvalue weighted by Crippen LogP contribution is 2.55. The van der Waals surface area contributed by atoms with E-state index in [9.17, 15) is 0 Å². The van der Waals surface area contributed by atoms with Crippen molar-refractivity contribution in [1.29, 1.82) is 0 Å². The van der Waals surface area contributed by atoms with E-state index in [0.717, 1.165) is 46.4 Å². The van der Waals surface area contributed by atoms with E-state index in [-0.39, 0.29) is 0 Å². The van der Waals surface area contributed by atoms with Crippen LogP contribution < -0.4 is 5.19 Å². The Morgan fingerprint density at radius 3 is 2.38 bits per heavy atom. The summed E-state index contributed by atoms with van der Waals surface area (Å²) in [6.07, 6.45) is 7.78. The SMILES string of the molecule is CC1(C)OCC(/C=C2\CC[C@@H]3[C@H](Cc4ccccc4)[C@@H](C[Si]c4ccccc4)C[C@@H]23)CO1. The van der Waals surface area contributed by atoms with Gasteiger partial charge in [-0.2, -0.15) is 0 Å². The Kier molecular flexibility index (Phi) is 6.68. The maximum Gasteiger partial charge on any atom is 0.162 e. The highest BCUT2D eigenvalue weighted by molar-refractivity contribution is 6.53. The van der Waals surface area contributed by atoms with E-state index in [1.807, 2.05) is 13.8 Å². The monoisotopic (exact) mass is 444 g/mol. The van der Waals surface area contributed by atoms with E-state index in [1.54, 1.807) is 5.57 Å². The molecule has 1 heterocycles. The zero-order valence-corrected chi connectivity index (χ0v) is 20.5. The minimum Gasteiger partial charge on any atom is -0.350 e. The van der Waals surface area contributed by atoms with Crippen LogP contribution in [-0.4, -0.2) is 28.5 Å². The van der Waals surface area contributed by atoms with Gasteiger partial charge in [0.1, 0.15) is 0 Å². The molecule has 0 amide bonds. The second-order valence-corrected chi connectivity index (χ2v) is 11.8. The van der Waals surface area contributed by atoms with Gasteiger partial charge in [-0.05, 0) is 68.8 Å². The molecule has 2 aromatic rings. The van der Waals surface area contributed by atoms with Gasteiger partial charge in [-0.3, -0.25) is 0 Å². The van der Waals surface area contributed by atoms with Crippen LogP contribution >= 0.6 is 0 Å². The van der Waals surface area contributed by atoms with Crippen molar-refractivity contribution in [1.82, 2.24) is 0 Å². The highest BCUT2D eigenvalue weighted by Gasteiger charge is 2.47. The molecule has 0 N–H and O–H groups in total. The lowest BCUT2D eigenvalue weighted by Crippen LogP contribution is -2.38. The maximum absolute atomic E-state index is 5.94. The summed E-state index contributed by atoms with van der Waals surface area (Å²) in [6, 6.07) is 23.6. The van der Waals surface area contributed by atoms with Crippen molar-refractivity contribution in [2.45, 2.75) is 51.4 Å². The number of ether oxygens (including phenoxy) is 2. The first-order chi connectivity index (χ1) is 15.6. The molecule has 2 saturated carbocycles. The Morgan fingerprint density at radius 1 is 0.969 bits per heavy atom. The first-order valence-corrected chi connectivity index (χ1v) is 13.6. The third kappa shape index (κ3) is 5.11. The lowest BCUT2D eigenvalue weighted by molar-refractivity contribution is -0.256. The summed E-state index contributed by atoms with van der Waals surface area (Å²) in [5.74, 6) is 3.23. The summed E-state index contributed by atoms with van der Waals surface area (Å²) < 4.78 is 11.9. The number of fused-ring (bicyclic) bond motifs is 1. The van der Waals surface area contributed by atoms with E-state index in [2.05, 4.69) is 66.7 Å². The molecule has 2 aromatic carbocycles. The summed E-state index contributed by atoms with van der Waals surface area (Å²) in [4.78, 5) is 0. The molecule has 32 heavy (non-hydrogen) atoms. The molecule has 2 radical (unpaired) electrons. The molecule has 3 aliphatic rings. The Balaban J connectivity index is 1.31. The van der Waals surface area contributed by atoms with Crippen LogP contribution in [-0.2, 0) is 15.9 Å². The summed E-state index contributed by atoms with van der Waals surface area (Å²) in [5, 5.41) is 1.51. The lowest BCUT2D eigenvalue weighted by Gasteiger charge is -2.34. The molecule has 5 rings (SSSR count). The second kappa shape index (κ2) is 9.67. The molecule has 168 valence electrons. The van der Waals surface area contributed by atoms with Gasteiger partial charge in [-0.15, -0.1) is 0 Å². The van der Waals surface area contributed by atoms with Crippen molar-refractivity contribution in [2.24, 2.45) is 29.6 Å². The van der Waals surface area contributed by atoms with Gasteiger partial charge in [0.15, 0.2) is 5.79 Å². The van der Waals surface area contributed by atoms with E-state index in [0.29, 0.717) is 5.92 Å². The molecule has 1 aliphatic heterocycles. The molecule has 2 nitrogen and oxygen atoms in total. The Morgan fingerprint density at radius 2 is 1.66 bits per heavy atom. The normalized spacial score (nSPS) is 31.1. The van der Waals surface area contributed by atoms with Gasteiger partial charge in [-0.25, -0.2) is 0 Å². The number of hydrogen-bond acceptors (Lipinski definition) is 2. The Labute approximate surface area is 196 Å². The molecule has 4 atom stereocenters. The van der Waals surface area contributed by atoms with Crippen molar-refractivity contribution < 1.29 is 9.47 Å². The maximum atomic E-state index is 5.94. The molecule has 0 unspecified atom stereocenters. The van der Waals surface area contributed by atoms with Gasteiger partial charge in [0.2, 0.25) is 0 Å². The zero-order valence-electron chi connectivity index (χ0n) is 19.5.